The monoisotopic (exact) mass is 304 g/mol. The van der Waals surface area contributed by atoms with E-state index in [2.05, 4.69) is 6.58 Å². The molecule has 0 aliphatic carbocycles. The highest BCUT2D eigenvalue weighted by Crippen LogP contribution is 2.30. The Balaban J connectivity index is 2.34. The Bertz CT molecular complexity index is 739. The molecule has 0 aliphatic rings. The van der Waals surface area contributed by atoms with Crippen molar-refractivity contribution in [1.82, 2.24) is 0 Å². The Morgan fingerprint density at radius 2 is 1.50 bits per heavy atom. The maximum absolute atomic E-state index is 14.1. The second kappa shape index (κ2) is 6.39. The van der Waals surface area contributed by atoms with E-state index in [9.17, 15) is 13.6 Å². The summed E-state index contributed by atoms with van der Waals surface area (Å²) < 4.78 is 37.9. The van der Waals surface area contributed by atoms with E-state index >= 15 is 0 Å². The molecular formula is C17H14F2O3. The highest BCUT2D eigenvalue weighted by Gasteiger charge is 2.13. The maximum Gasteiger partial charge on any atom is 0.338 e. The van der Waals surface area contributed by atoms with Crippen molar-refractivity contribution in [2.45, 2.75) is 6.92 Å². The van der Waals surface area contributed by atoms with Crippen molar-refractivity contribution in [2.75, 3.05) is 7.11 Å². The van der Waals surface area contributed by atoms with Crippen LogP contribution in [0.4, 0.5) is 8.78 Å². The summed E-state index contributed by atoms with van der Waals surface area (Å²) in [4.78, 5) is 11.4. The number of hydrogen-bond donors (Lipinski definition) is 0. The summed E-state index contributed by atoms with van der Waals surface area (Å²) in [7, 11) is 1.42. The van der Waals surface area contributed by atoms with Gasteiger partial charge in [-0.15, -0.1) is 0 Å². The molecule has 2 rings (SSSR count). The number of methoxy groups -OCH3 is 1. The Hall–Kier alpha value is -2.69. The van der Waals surface area contributed by atoms with Gasteiger partial charge in [0.15, 0.2) is 0 Å². The fraction of sp³-hybridized carbons (Fsp3) is 0.118. The standard InChI is InChI=1S/C17H14F2O3/c1-10(2)17(20)22-12-5-7-14(16(19)9-12)13-6-4-11(21-3)8-15(13)18/h4-9H,1H2,2-3H3. The van der Waals surface area contributed by atoms with E-state index in [4.69, 9.17) is 9.47 Å². The zero-order chi connectivity index (χ0) is 16.3. The number of hydrogen-bond acceptors (Lipinski definition) is 3. The van der Waals surface area contributed by atoms with Crippen LogP contribution in [0.15, 0.2) is 48.6 Å². The molecular weight excluding hydrogens is 290 g/mol. The van der Waals surface area contributed by atoms with Gasteiger partial charge < -0.3 is 9.47 Å². The van der Waals surface area contributed by atoms with Crippen LogP contribution in [0.5, 0.6) is 11.5 Å². The van der Waals surface area contributed by atoms with Crippen molar-refractivity contribution in [1.29, 1.82) is 0 Å². The van der Waals surface area contributed by atoms with Crippen LogP contribution in [0.3, 0.4) is 0 Å². The quantitative estimate of drug-likeness (QED) is 0.484. The lowest BCUT2D eigenvalue weighted by Gasteiger charge is -2.09. The molecule has 0 unspecified atom stereocenters. The average molecular weight is 304 g/mol. The summed E-state index contributed by atoms with van der Waals surface area (Å²) in [6.45, 7) is 4.92. The topological polar surface area (TPSA) is 35.5 Å². The molecule has 0 saturated heterocycles. The third-order valence-electron chi connectivity index (χ3n) is 2.97. The lowest BCUT2D eigenvalue weighted by Crippen LogP contribution is -2.08. The predicted octanol–water partition coefficient (Wildman–Crippen LogP) is 4.12. The molecule has 0 atom stereocenters. The average Bonchev–Trinajstić information content (AvgIpc) is 2.47. The van der Waals surface area contributed by atoms with Gasteiger partial charge in [-0.25, -0.2) is 13.6 Å². The molecule has 0 radical (unpaired) electrons. The second-order valence-corrected chi connectivity index (χ2v) is 4.66. The summed E-state index contributed by atoms with van der Waals surface area (Å²) in [6.07, 6.45) is 0. The zero-order valence-corrected chi connectivity index (χ0v) is 12.2. The van der Waals surface area contributed by atoms with Gasteiger partial charge in [-0.3, -0.25) is 0 Å². The van der Waals surface area contributed by atoms with Crippen LogP contribution in [0.25, 0.3) is 11.1 Å². The van der Waals surface area contributed by atoms with E-state index in [0.717, 1.165) is 6.07 Å². The SMILES string of the molecule is C=C(C)C(=O)Oc1ccc(-c2ccc(OC)cc2F)c(F)c1. The van der Waals surface area contributed by atoms with Crippen molar-refractivity contribution in [3.05, 3.63) is 60.2 Å². The van der Waals surface area contributed by atoms with Crippen LogP contribution >= 0.6 is 0 Å². The van der Waals surface area contributed by atoms with Gasteiger partial charge in [0, 0.05) is 28.8 Å². The summed E-state index contributed by atoms with van der Waals surface area (Å²) in [5.41, 5.74) is 0.358. The minimum absolute atomic E-state index is 0.0307. The molecule has 2 aromatic rings. The molecule has 0 bridgehead atoms. The zero-order valence-electron chi connectivity index (χ0n) is 12.2. The molecule has 5 heteroatoms. The van der Waals surface area contributed by atoms with Gasteiger partial charge in [0.05, 0.1) is 7.11 Å². The fourth-order valence-corrected chi connectivity index (χ4v) is 1.81. The largest absolute Gasteiger partial charge is 0.497 e. The first kappa shape index (κ1) is 15.7. The summed E-state index contributed by atoms with van der Waals surface area (Å²) in [6, 6.07) is 7.90. The van der Waals surface area contributed by atoms with Gasteiger partial charge in [-0.1, -0.05) is 6.58 Å². The molecule has 114 valence electrons. The first-order chi connectivity index (χ1) is 10.4. The molecule has 0 amide bonds. The van der Waals surface area contributed by atoms with Crippen molar-refractivity contribution in [2.24, 2.45) is 0 Å². The highest BCUT2D eigenvalue weighted by atomic mass is 19.1. The number of carbonyl (C=O) groups excluding carboxylic acids is 1. The van der Waals surface area contributed by atoms with Crippen LogP contribution < -0.4 is 9.47 Å². The fourth-order valence-electron chi connectivity index (χ4n) is 1.81. The van der Waals surface area contributed by atoms with E-state index in [1.54, 1.807) is 0 Å². The lowest BCUT2D eigenvalue weighted by molar-refractivity contribution is -0.130. The number of ether oxygens (including phenoxy) is 2. The van der Waals surface area contributed by atoms with Crippen molar-refractivity contribution in [3.63, 3.8) is 0 Å². The van der Waals surface area contributed by atoms with Gasteiger partial charge in [-0.2, -0.15) is 0 Å². The van der Waals surface area contributed by atoms with Gasteiger partial charge in [0.2, 0.25) is 0 Å². The molecule has 22 heavy (non-hydrogen) atoms. The molecule has 0 N–H and O–H groups in total. The van der Waals surface area contributed by atoms with Crippen molar-refractivity contribution in [3.8, 4) is 22.6 Å². The van der Waals surface area contributed by atoms with Gasteiger partial charge >= 0.3 is 5.97 Å². The molecule has 0 aliphatic heterocycles. The minimum atomic E-state index is -0.698. The van der Waals surface area contributed by atoms with Crippen LogP contribution in [0, 0.1) is 11.6 Å². The van der Waals surface area contributed by atoms with Gasteiger partial charge in [0.25, 0.3) is 0 Å². The number of carbonyl (C=O) groups is 1. The summed E-state index contributed by atoms with van der Waals surface area (Å²) in [5.74, 6) is -1.58. The predicted molar refractivity (Wildman–Crippen MR) is 78.8 cm³/mol. The summed E-state index contributed by atoms with van der Waals surface area (Å²) >= 11 is 0. The van der Waals surface area contributed by atoms with E-state index in [1.807, 2.05) is 0 Å². The van der Waals surface area contributed by atoms with Crippen LogP contribution in [-0.2, 0) is 4.79 Å². The Labute approximate surface area is 126 Å². The Morgan fingerprint density at radius 1 is 1.00 bits per heavy atom. The van der Waals surface area contributed by atoms with Crippen molar-refractivity contribution >= 4 is 5.97 Å². The molecule has 0 aromatic heterocycles. The van der Waals surface area contributed by atoms with Crippen LogP contribution in [0.1, 0.15) is 6.92 Å². The van der Waals surface area contributed by atoms with E-state index in [1.165, 1.54) is 44.4 Å². The third-order valence-corrected chi connectivity index (χ3v) is 2.97. The molecule has 2 aromatic carbocycles. The number of benzene rings is 2. The molecule has 0 heterocycles. The third kappa shape index (κ3) is 3.31. The van der Waals surface area contributed by atoms with E-state index < -0.39 is 17.6 Å². The molecule has 3 nitrogen and oxygen atoms in total. The highest BCUT2D eigenvalue weighted by molar-refractivity contribution is 5.88. The normalized spacial score (nSPS) is 10.2. The van der Waals surface area contributed by atoms with E-state index in [-0.39, 0.29) is 22.4 Å². The Morgan fingerprint density at radius 3 is 1.95 bits per heavy atom. The molecule has 0 spiro atoms. The number of halogens is 2. The second-order valence-electron chi connectivity index (χ2n) is 4.66. The number of rotatable bonds is 4. The molecule has 0 saturated carbocycles. The van der Waals surface area contributed by atoms with E-state index in [0.29, 0.717) is 5.75 Å². The maximum atomic E-state index is 14.1. The number of esters is 1. The van der Waals surface area contributed by atoms with Gasteiger partial charge in [0.1, 0.15) is 23.1 Å². The van der Waals surface area contributed by atoms with Crippen molar-refractivity contribution < 1.29 is 23.0 Å². The summed E-state index contributed by atoms with van der Waals surface area (Å²) in [5, 5.41) is 0. The van der Waals surface area contributed by atoms with Gasteiger partial charge in [-0.05, 0) is 31.2 Å². The van der Waals surface area contributed by atoms with Crippen LogP contribution in [-0.4, -0.2) is 13.1 Å². The lowest BCUT2D eigenvalue weighted by atomic mass is 10.0. The van der Waals surface area contributed by atoms with Crippen LogP contribution in [0.2, 0.25) is 0 Å². The molecule has 0 fully saturated rings. The minimum Gasteiger partial charge on any atom is -0.497 e. The Kier molecular flexibility index (Phi) is 4.56. The first-order valence-corrected chi connectivity index (χ1v) is 6.43. The first-order valence-electron chi connectivity index (χ1n) is 6.43. The smallest absolute Gasteiger partial charge is 0.338 e.